The van der Waals surface area contributed by atoms with E-state index in [2.05, 4.69) is 12.2 Å². The molecule has 0 saturated heterocycles. The highest BCUT2D eigenvalue weighted by Crippen LogP contribution is 2.49. The summed E-state index contributed by atoms with van der Waals surface area (Å²) in [6, 6.07) is 6.93. The minimum absolute atomic E-state index is 0.0291. The van der Waals surface area contributed by atoms with E-state index in [9.17, 15) is 13.2 Å². The maximum atomic E-state index is 12.3. The van der Waals surface area contributed by atoms with Crippen LogP contribution >= 0.6 is 0 Å². The standard InChI is InChI=1S/C19H27NO3S/c1-13-3-7-17(8-4-13)24(22,23)10-9-19(21)20-14(2)18-12-15-5-6-16(18)11-15/h3-4,7-8,14-16,18H,5-6,9-12H2,1-2H3,(H,20,21)/t14-,15+,16+,18+/m0/s1. The molecule has 2 aliphatic rings. The van der Waals surface area contributed by atoms with Crippen molar-refractivity contribution in [1.29, 1.82) is 0 Å². The van der Waals surface area contributed by atoms with E-state index in [-0.39, 0.29) is 24.1 Å². The molecule has 0 aliphatic heterocycles. The third-order valence-electron chi connectivity index (χ3n) is 5.80. The highest BCUT2D eigenvalue weighted by atomic mass is 32.2. The number of benzene rings is 1. The summed E-state index contributed by atoms with van der Waals surface area (Å²) in [5, 5.41) is 3.04. The molecule has 0 radical (unpaired) electrons. The molecule has 1 aromatic rings. The van der Waals surface area contributed by atoms with E-state index in [4.69, 9.17) is 0 Å². The first kappa shape index (κ1) is 17.5. The minimum atomic E-state index is -3.40. The number of rotatable bonds is 6. The Labute approximate surface area is 145 Å². The third-order valence-corrected chi connectivity index (χ3v) is 7.53. The quantitative estimate of drug-likeness (QED) is 0.858. The van der Waals surface area contributed by atoms with Crippen LogP contribution in [0.2, 0.25) is 0 Å². The fourth-order valence-electron chi connectivity index (χ4n) is 4.43. The average molecular weight is 349 g/mol. The number of hydrogen-bond acceptors (Lipinski definition) is 3. The first-order valence-electron chi connectivity index (χ1n) is 8.94. The minimum Gasteiger partial charge on any atom is -0.353 e. The second-order valence-corrected chi connectivity index (χ2v) is 9.69. The van der Waals surface area contributed by atoms with Crippen molar-refractivity contribution in [3.63, 3.8) is 0 Å². The van der Waals surface area contributed by atoms with Gasteiger partial charge in [0, 0.05) is 12.5 Å². The zero-order chi connectivity index (χ0) is 17.3. The Balaban J connectivity index is 1.51. The molecule has 2 saturated carbocycles. The van der Waals surface area contributed by atoms with E-state index >= 15 is 0 Å². The molecule has 0 heterocycles. The van der Waals surface area contributed by atoms with Crippen molar-refractivity contribution in [1.82, 2.24) is 5.32 Å². The summed E-state index contributed by atoms with van der Waals surface area (Å²) in [5.41, 5.74) is 1.02. The first-order chi connectivity index (χ1) is 11.3. The van der Waals surface area contributed by atoms with Gasteiger partial charge in [-0.15, -0.1) is 0 Å². The molecule has 0 unspecified atom stereocenters. The van der Waals surface area contributed by atoms with Gasteiger partial charge in [0.2, 0.25) is 5.91 Å². The van der Waals surface area contributed by atoms with E-state index in [0.29, 0.717) is 10.8 Å². The molecule has 132 valence electrons. The number of nitrogens with one attached hydrogen (secondary N) is 1. The summed E-state index contributed by atoms with van der Waals surface area (Å²) in [5.74, 6) is 1.89. The van der Waals surface area contributed by atoms with E-state index in [1.807, 2.05) is 6.92 Å². The SMILES string of the molecule is Cc1ccc(S(=O)(=O)CCC(=O)N[C@@H](C)[C@H]2C[C@@H]3CC[C@@H]2C3)cc1. The van der Waals surface area contributed by atoms with Crippen molar-refractivity contribution in [3.8, 4) is 0 Å². The van der Waals surface area contributed by atoms with Crippen LogP contribution in [0.5, 0.6) is 0 Å². The van der Waals surface area contributed by atoms with Gasteiger partial charge < -0.3 is 5.32 Å². The molecule has 2 aliphatic carbocycles. The topological polar surface area (TPSA) is 63.2 Å². The predicted molar refractivity (Wildman–Crippen MR) is 94.4 cm³/mol. The summed E-state index contributed by atoms with van der Waals surface area (Å²) < 4.78 is 24.6. The summed E-state index contributed by atoms with van der Waals surface area (Å²) in [6.45, 7) is 3.98. The largest absolute Gasteiger partial charge is 0.353 e. The molecule has 1 N–H and O–H groups in total. The number of carbonyl (C=O) groups is 1. The lowest BCUT2D eigenvalue weighted by atomic mass is 9.84. The molecule has 2 fully saturated rings. The van der Waals surface area contributed by atoms with Gasteiger partial charge in [-0.2, -0.15) is 0 Å². The van der Waals surface area contributed by atoms with Gasteiger partial charge in [-0.3, -0.25) is 4.79 Å². The van der Waals surface area contributed by atoms with Gasteiger partial charge in [-0.05, 0) is 63.0 Å². The van der Waals surface area contributed by atoms with Crippen LogP contribution in [-0.4, -0.2) is 26.1 Å². The van der Waals surface area contributed by atoms with Crippen molar-refractivity contribution in [3.05, 3.63) is 29.8 Å². The average Bonchev–Trinajstić information content (AvgIpc) is 3.16. The maximum absolute atomic E-state index is 12.3. The van der Waals surface area contributed by atoms with Gasteiger partial charge in [0.1, 0.15) is 0 Å². The Morgan fingerprint density at radius 2 is 1.92 bits per heavy atom. The van der Waals surface area contributed by atoms with E-state index < -0.39 is 9.84 Å². The van der Waals surface area contributed by atoms with Crippen LogP contribution in [0, 0.1) is 24.7 Å². The molecule has 0 aromatic heterocycles. The molecule has 4 nitrogen and oxygen atoms in total. The molecule has 0 spiro atoms. The van der Waals surface area contributed by atoms with Crippen LogP contribution in [0.4, 0.5) is 0 Å². The van der Waals surface area contributed by atoms with Crippen LogP contribution in [0.1, 0.15) is 44.6 Å². The molecule has 3 rings (SSSR count). The fraction of sp³-hybridized carbons (Fsp3) is 0.632. The van der Waals surface area contributed by atoms with Gasteiger partial charge >= 0.3 is 0 Å². The number of carbonyl (C=O) groups excluding carboxylic acids is 1. The van der Waals surface area contributed by atoms with E-state index in [1.54, 1.807) is 24.3 Å². The number of fused-ring (bicyclic) bond motifs is 2. The van der Waals surface area contributed by atoms with Crippen LogP contribution in [0.15, 0.2) is 29.2 Å². The Bertz CT molecular complexity index is 696. The van der Waals surface area contributed by atoms with Crippen LogP contribution < -0.4 is 5.32 Å². The monoisotopic (exact) mass is 349 g/mol. The van der Waals surface area contributed by atoms with Crippen molar-refractivity contribution >= 4 is 15.7 Å². The molecular weight excluding hydrogens is 322 g/mol. The summed E-state index contributed by atoms with van der Waals surface area (Å²) in [4.78, 5) is 12.5. The maximum Gasteiger partial charge on any atom is 0.221 e. The van der Waals surface area contributed by atoms with Gasteiger partial charge in [0.25, 0.3) is 0 Å². The zero-order valence-corrected chi connectivity index (χ0v) is 15.3. The van der Waals surface area contributed by atoms with Crippen molar-refractivity contribution in [2.24, 2.45) is 17.8 Å². The molecule has 1 amide bonds. The van der Waals surface area contributed by atoms with Crippen molar-refractivity contribution in [2.75, 3.05) is 5.75 Å². The molecule has 4 atom stereocenters. The molecule has 1 aromatic carbocycles. The van der Waals surface area contributed by atoms with Gasteiger partial charge in [0.05, 0.1) is 10.6 Å². The van der Waals surface area contributed by atoms with Crippen LogP contribution in [0.25, 0.3) is 0 Å². The Morgan fingerprint density at radius 3 is 2.50 bits per heavy atom. The Morgan fingerprint density at radius 1 is 1.21 bits per heavy atom. The Kier molecular flexibility index (Phi) is 5.00. The van der Waals surface area contributed by atoms with Gasteiger partial charge in [-0.1, -0.05) is 24.1 Å². The normalized spacial score (nSPS) is 27.2. The summed E-state index contributed by atoms with van der Waals surface area (Å²) in [7, 11) is -3.40. The lowest BCUT2D eigenvalue weighted by molar-refractivity contribution is -0.121. The van der Waals surface area contributed by atoms with Gasteiger partial charge in [-0.25, -0.2) is 8.42 Å². The first-order valence-corrected chi connectivity index (χ1v) is 10.6. The highest BCUT2D eigenvalue weighted by Gasteiger charge is 2.42. The summed E-state index contributed by atoms with van der Waals surface area (Å²) >= 11 is 0. The predicted octanol–water partition coefficient (Wildman–Crippen LogP) is 3.10. The molecule has 5 heteroatoms. The van der Waals surface area contributed by atoms with E-state index in [1.165, 1.54) is 25.7 Å². The number of sulfone groups is 1. The lowest BCUT2D eigenvalue weighted by Crippen LogP contribution is -2.40. The number of aryl methyl sites for hydroxylation is 1. The molecular formula is C19H27NO3S. The van der Waals surface area contributed by atoms with E-state index in [0.717, 1.165) is 17.4 Å². The Hall–Kier alpha value is -1.36. The zero-order valence-electron chi connectivity index (χ0n) is 14.5. The number of hydrogen-bond donors (Lipinski definition) is 1. The highest BCUT2D eigenvalue weighted by molar-refractivity contribution is 7.91. The third kappa shape index (κ3) is 3.82. The smallest absolute Gasteiger partial charge is 0.221 e. The molecule has 24 heavy (non-hydrogen) atoms. The molecule has 2 bridgehead atoms. The second kappa shape index (κ2) is 6.87. The fourth-order valence-corrected chi connectivity index (χ4v) is 5.67. The van der Waals surface area contributed by atoms with Gasteiger partial charge in [0.15, 0.2) is 9.84 Å². The van der Waals surface area contributed by atoms with Crippen LogP contribution in [-0.2, 0) is 14.6 Å². The lowest BCUT2D eigenvalue weighted by Gasteiger charge is -2.28. The van der Waals surface area contributed by atoms with Crippen LogP contribution in [0.3, 0.4) is 0 Å². The summed E-state index contributed by atoms with van der Waals surface area (Å²) in [6.07, 6.45) is 5.19. The number of amides is 1. The second-order valence-electron chi connectivity index (χ2n) is 7.58. The van der Waals surface area contributed by atoms with Crippen molar-refractivity contribution < 1.29 is 13.2 Å². The van der Waals surface area contributed by atoms with Crippen molar-refractivity contribution in [2.45, 2.75) is 56.9 Å².